The highest BCUT2D eigenvalue weighted by Gasteiger charge is 2.51. The summed E-state index contributed by atoms with van der Waals surface area (Å²) in [6.45, 7) is 2.13. The number of hydrogen-bond acceptors (Lipinski definition) is 4. The van der Waals surface area contributed by atoms with Crippen molar-refractivity contribution in [2.45, 2.75) is 18.3 Å². The van der Waals surface area contributed by atoms with Gasteiger partial charge < -0.3 is 19.3 Å². The van der Waals surface area contributed by atoms with Crippen molar-refractivity contribution >= 4 is 17.5 Å². The molecule has 6 nitrogen and oxygen atoms in total. The number of para-hydroxylation sites is 1. The van der Waals surface area contributed by atoms with Crippen LogP contribution in [0.15, 0.2) is 24.3 Å². The number of carbonyl (C=O) groups excluding carboxylic acids is 2. The minimum Gasteiger partial charge on any atom is -0.382 e. The average molecular weight is 332 g/mol. The lowest BCUT2D eigenvalue weighted by Crippen LogP contribution is -2.50. The van der Waals surface area contributed by atoms with Crippen molar-refractivity contribution in [1.29, 1.82) is 0 Å². The smallest absolute Gasteiger partial charge is 0.248 e. The van der Waals surface area contributed by atoms with Crippen LogP contribution in [0, 0.1) is 0 Å². The maximum Gasteiger partial charge on any atom is 0.248 e. The number of likely N-dealkylation sites (N-methyl/N-ethyl adjacent to an activating group) is 1. The van der Waals surface area contributed by atoms with Gasteiger partial charge >= 0.3 is 0 Å². The van der Waals surface area contributed by atoms with Crippen LogP contribution in [0.4, 0.5) is 5.69 Å². The van der Waals surface area contributed by atoms with E-state index in [0.29, 0.717) is 39.1 Å². The van der Waals surface area contributed by atoms with E-state index in [0.717, 1.165) is 11.3 Å². The predicted octanol–water partition coefficient (Wildman–Crippen LogP) is 1.19. The second-order valence-electron chi connectivity index (χ2n) is 6.39. The third kappa shape index (κ3) is 2.80. The molecule has 1 aromatic carbocycles. The van der Waals surface area contributed by atoms with Crippen LogP contribution in [0.3, 0.4) is 0 Å². The molecule has 1 aromatic rings. The maximum absolute atomic E-state index is 12.8. The first-order valence-corrected chi connectivity index (χ1v) is 8.32. The summed E-state index contributed by atoms with van der Waals surface area (Å²) in [7, 11) is 3.43. The van der Waals surface area contributed by atoms with E-state index >= 15 is 0 Å². The number of ether oxygens (including phenoxy) is 2. The number of piperidine rings is 1. The fraction of sp³-hybridized carbons (Fsp3) is 0.556. The van der Waals surface area contributed by atoms with E-state index in [9.17, 15) is 9.59 Å². The van der Waals surface area contributed by atoms with Crippen LogP contribution in [0.5, 0.6) is 0 Å². The van der Waals surface area contributed by atoms with Crippen molar-refractivity contribution in [3.8, 4) is 0 Å². The number of fused-ring (bicyclic) bond motifs is 2. The molecule has 1 fully saturated rings. The quantitative estimate of drug-likeness (QED) is 0.760. The SMILES string of the molecule is COCCOCC(=O)N1CCC2(CC1)C(=O)N(C)c1ccccc12. The molecule has 0 aromatic heterocycles. The zero-order chi connectivity index (χ0) is 17.2. The van der Waals surface area contributed by atoms with Crippen LogP contribution in [-0.2, 0) is 24.5 Å². The van der Waals surface area contributed by atoms with Gasteiger partial charge in [0.05, 0.1) is 18.6 Å². The second-order valence-corrected chi connectivity index (χ2v) is 6.39. The summed E-state index contributed by atoms with van der Waals surface area (Å²) in [6, 6.07) is 7.97. The number of hydrogen-bond donors (Lipinski definition) is 0. The van der Waals surface area contributed by atoms with E-state index in [-0.39, 0.29) is 18.4 Å². The van der Waals surface area contributed by atoms with Gasteiger partial charge in [0.1, 0.15) is 6.61 Å². The molecule has 0 saturated carbocycles. The van der Waals surface area contributed by atoms with Gasteiger partial charge in [-0.15, -0.1) is 0 Å². The van der Waals surface area contributed by atoms with Crippen LogP contribution in [0.25, 0.3) is 0 Å². The number of nitrogens with zero attached hydrogens (tertiary/aromatic N) is 2. The van der Waals surface area contributed by atoms with E-state index in [4.69, 9.17) is 9.47 Å². The Bertz CT molecular complexity index is 623. The Morgan fingerprint density at radius 2 is 1.92 bits per heavy atom. The van der Waals surface area contributed by atoms with Gasteiger partial charge in [-0.2, -0.15) is 0 Å². The van der Waals surface area contributed by atoms with Crippen molar-refractivity contribution < 1.29 is 19.1 Å². The van der Waals surface area contributed by atoms with Crippen LogP contribution in [0.2, 0.25) is 0 Å². The standard InChI is InChI=1S/C18H24N2O4/c1-19-15-6-4-3-5-14(15)18(17(19)22)7-9-20(10-8-18)16(21)13-24-12-11-23-2/h3-6H,7-13H2,1-2H3. The van der Waals surface area contributed by atoms with Gasteiger partial charge in [0, 0.05) is 32.9 Å². The minimum atomic E-state index is -0.473. The Labute approximate surface area is 142 Å². The first kappa shape index (κ1) is 16.9. The van der Waals surface area contributed by atoms with E-state index in [1.807, 2.05) is 31.3 Å². The van der Waals surface area contributed by atoms with Crippen molar-refractivity contribution in [2.75, 3.05) is 52.0 Å². The van der Waals surface area contributed by atoms with Crippen LogP contribution in [-0.4, -0.2) is 63.8 Å². The topological polar surface area (TPSA) is 59.1 Å². The van der Waals surface area contributed by atoms with E-state index < -0.39 is 5.41 Å². The first-order chi connectivity index (χ1) is 11.6. The zero-order valence-electron chi connectivity index (χ0n) is 14.3. The molecule has 1 spiro atoms. The number of anilines is 1. The van der Waals surface area contributed by atoms with Crippen LogP contribution < -0.4 is 4.90 Å². The van der Waals surface area contributed by atoms with Gasteiger partial charge in [-0.3, -0.25) is 9.59 Å². The Balaban J connectivity index is 1.65. The Kier molecular flexibility index (Phi) is 4.87. The number of benzene rings is 1. The summed E-state index contributed by atoms with van der Waals surface area (Å²) in [6.07, 6.45) is 1.33. The molecular formula is C18H24N2O4. The van der Waals surface area contributed by atoms with Gasteiger partial charge in [-0.25, -0.2) is 0 Å². The molecule has 0 radical (unpaired) electrons. The third-order valence-electron chi connectivity index (χ3n) is 5.12. The molecule has 6 heteroatoms. The number of likely N-dealkylation sites (tertiary alicyclic amines) is 1. The second kappa shape index (κ2) is 6.91. The Morgan fingerprint density at radius 1 is 1.21 bits per heavy atom. The highest BCUT2D eigenvalue weighted by Crippen LogP contribution is 2.47. The normalized spacial score (nSPS) is 19.0. The first-order valence-electron chi connectivity index (χ1n) is 8.32. The van der Waals surface area contributed by atoms with Crippen LogP contribution >= 0.6 is 0 Å². The van der Waals surface area contributed by atoms with Crippen molar-refractivity contribution in [2.24, 2.45) is 0 Å². The van der Waals surface area contributed by atoms with Gasteiger partial charge in [-0.05, 0) is 24.5 Å². The van der Waals surface area contributed by atoms with Gasteiger partial charge in [-0.1, -0.05) is 18.2 Å². The fourth-order valence-electron chi connectivity index (χ4n) is 3.73. The van der Waals surface area contributed by atoms with Gasteiger partial charge in [0.15, 0.2) is 0 Å². The van der Waals surface area contributed by atoms with Crippen molar-refractivity contribution in [3.63, 3.8) is 0 Å². The summed E-state index contributed by atoms with van der Waals surface area (Å²) in [5, 5.41) is 0. The molecule has 0 unspecified atom stereocenters. The summed E-state index contributed by atoms with van der Waals surface area (Å²) in [4.78, 5) is 28.6. The molecule has 130 valence electrons. The molecule has 24 heavy (non-hydrogen) atoms. The van der Waals surface area contributed by atoms with E-state index in [1.54, 1.807) is 16.9 Å². The lowest BCUT2D eigenvalue weighted by atomic mass is 9.73. The summed E-state index contributed by atoms with van der Waals surface area (Å²) < 4.78 is 10.2. The van der Waals surface area contributed by atoms with Crippen molar-refractivity contribution in [3.05, 3.63) is 29.8 Å². The number of carbonyl (C=O) groups is 2. The number of amides is 2. The zero-order valence-corrected chi connectivity index (χ0v) is 14.3. The summed E-state index contributed by atoms with van der Waals surface area (Å²) >= 11 is 0. The van der Waals surface area contributed by atoms with E-state index in [2.05, 4.69) is 0 Å². The summed E-state index contributed by atoms with van der Waals surface area (Å²) in [5.74, 6) is 0.125. The van der Waals surface area contributed by atoms with Crippen molar-refractivity contribution in [1.82, 2.24) is 4.90 Å². The molecule has 0 N–H and O–H groups in total. The number of methoxy groups -OCH3 is 1. The minimum absolute atomic E-state index is 0.0203. The lowest BCUT2D eigenvalue weighted by Gasteiger charge is -2.38. The van der Waals surface area contributed by atoms with E-state index in [1.165, 1.54) is 0 Å². The predicted molar refractivity (Wildman–Crippen MR) is 90.0 cm³/mol. The highest BCUT2D eigenvalue weighted by atomic mass is 16.5. The molecule has 3 rings (SSSR count). The molecule has 1 saturated heterocycles. The molecule has 2 amide bonds. The molecule has 2 aliphatic heterocycles. The summed E-state index contributed by atoms with van der Waals surface area (Å²) in [5.41, 5.74) is 1.62. The third-order valence-corrected chi connectivity index (χ3v) is 5.12. The van der Waals surface area contributed by atoms with Crippen LogP contribution in [0.1, 0.15) is 18.4 Å². The van der Waals surface area contributed by atoms with Gasteiger partial charge in [0.2, 0.25) is 11.8 Å². The fourth-order valence-corrected chi connectivity index (χ4v) is 3.73. The molecular weight excluding hydrogens is 308 g/mol. The molecule has 0 aliphatic carbocycles. The van der Waals surface area contributed by atoms with Gasteiger partial charge in [0.25, 0.3) is 0 Å². The Hall–Kier alpha value is -1.92. The maximum atomic E-state index is 12.8. The average Bonchev–Trinajstić information content (AvgIpc) is 2.82. The monoisotopic (exact) mass is 332 g/mol. The highest BCUT2D eigenvalue weighted by molar-refractivity contribution is 6.07. The number of rotatable bonds is 5. The molecule has 2 aliphatic rings. The molecule has 2 heterocycles. The molecule has 0 bridgehead atoms. The lowest BCUT2D eigenvalue weighted by molar-refractivity contribution is -0.140. The largest absolute Gasteiger partial charge is 0.382 e. The Morgan fingerprint density at radius 3 is 2.62 bits per heavy atom. The molecule has 0 atom stereocenters.